The van der Waals surface area contributed by atoms with E-state index in [2.05, 4.69) is 27.7 Å². The van der Waals surface area contributed by atoms with Crippen molar-refractivity contribution in [1.29, 1.82) is 0 Å². The van der Waals surface area contributed by atoms with Crippen molar-refractivity contribution in [2.45, 2.75) is 85.5 Å². The minimum Gasteiger partial charge on any atom is -0.0625 e. The second-order valence-electron chi connectivity index (χ2n) is 8.02. The third-order valence-electron chi connectivity index (χ3n) is 6.37. The van der Waals surface area contributed by atoms with Crippen LogP contribution in [0.4, 0.5) is 0 Å². The van der Waals surface area contributed by atoms with Gasteiger partial charge in [0.25, 0.3) is 0 Å². The van der Waals surface area contributed by atoms with Gasteiger partial charge in [-0.15, -0.1) is 0 Å². The summed E-state index contributed by atoms with van der Waals surface area (Å²) in [5.41, 5.74) is 0.605. The van der Waals surface area contributed by atoms with Gasteiger partial charge in [0.2, 0.25) is 0 Å². The standard InChI is InChI=1S/C18H34/c1-14(2)15-9-8-12-17(13-15)18(3,4)16-10-6-5-7-11-16/h14-17H,5-13H2,1-4H3. The summed E-state index contributed by atoms with van der Waals surface area (Å²) in [6.07, 6.45) is 13.5. The van der Waals surface area contributed by atoms with Crippen LogP contribution < -0.4 is 0 Å². The zero-order valence-electron chi connectivity index (χ0n) is 13.2. The molecule has 0 amide bonds. The van der Waals surface area contributed by atoms with Gasteiger partial charge in [-0.05, 0) is 54.8 Å². The Bertz CT molecular complexity index is 245. The van der Waals surface area contributed by atoms with Gasteiger partial charge in [-0.2, -0.15) is 0 Å². The molecule has 0 aromatic carbocycles. The quantitative estimate of drug-likeness (QED) is 0.571. The second kappa shape index (κ2) is 5.97. The van der Waals surface area contributed by atoms with Crippen LogP contribution in [0.25, 0.3) is 0 Å². The van der Waals surface area contributed by atoms with Gasteiger partial charge in [-0.3, -0.25) is 0 Å². The Kier molecular flexibility index (Phi) is 4.78. The van der Waals surface area contributed by atoms with Crippen molar-refractivity contribution >= 4 is 0 Å². The van der Waals surface area contributed by atoms with E-state index < -0.39 is 0 Å². The van der Waals surface area contributed by atoms with Crippen LogP contribution in [0.3, 0.4) is 0 Å². The van der Waals surface area contributed by atoms with E-state index in [0.717, 1.165) is 23.7 Å². The molecule has 0 spiro atoms. The summed E-state index contributed by atoms with van der Waals surface area (Å²) >= 11 is 0. The summed E-state index contributed by atoms with van der Waals surface area (Å²) < 4.78 is 0. The molecule has 2 aliphatic carbocycles. The highest BCUT2D eigenvalue weighted by Crippen LogP contribution is 2.50. The molecule has 2 saturated carbocycles. The van der Waals surface area contributed by atoms with Gasteiger partial charge in [-0.25, -0.2) is 0 Å². The molecule has 0 aromatic heterocycles. The monoisotopic (exact) mass is 250 g/mol. The molecule has 2 aliphatic rings. The fourth-order valence-corrected chi connectivity index (χ4v) is 4.69. The molecule has 0 nitrogen and oxygen atoms in total. The fourth-order valence-electron chi connectivity index (χ4n) is 4.69. The van der Waals surface area contributed by atoms with Crippen molar-refractivity contribution in [2.24, 2.45) is 29.1 Å². The first-order valence-electron chi connectivity index (χ1n) is 8.51. The third kappa shape index (κ3) is 3.11. The van der Waals surface area contributed by atoms with Crippen LogP contribution in [0, 0.1) is 29.1 Å². The summed E-state index contributed by atoms with van der Waals surface area (Å²) in [6, 6.07) is 0. The maximum Gasteiger partial charge on any atom is -0.0297 e. The second-order valence-corrected chi connectivity index (χ2v) is 8.02. The lowest BCUT2D eigenvalue weighted by Crippen LogP contribution is -2.37. The Balaban J connectivity index is 1.99. The van der Waals surface area contributed by atoms with Crippen molar-refractivity contribution < 1.29 is 0 Å². The van der Waals surface area contributed by atoms with Crippen molar-refractivity contribution in [3.05, 3.63) is 0 Å². The zero-order chi connectivity index (χ0) is 13.2. The van der Waals surface area contributed by atoms with Crippen molar-refractivity contribution in [2.75, 3.05) is 0 Å². The Morgan fingerprint density at radius 2 is 1.39 bits per heavy atom. The van der Waals surface area contributed by atoms with Crippen molar-refractivity contribution in [3.8, 4) is 0 Å². The van der Waals surface area contributed by atoms with Gasteiger partial charge in [-0.1, -0.05) is 59.8 Å². The Labute approximate surface area is 115 Å². The zero-order valence-corrected chi connectivity index (χ0v) is 13.2. The van der Waals surface area contributed by atoms with E-state index in [1.54, 1.807) is 0 Å². The minimum absolute atomic E-state index is 0.605. The van der Waals surface area contributed by atoms with Gasteiger partial charge in [0.15, 0.2) is 0 Å². The van der Waals surface area contributed by atoms with Gasteiger partial charge >= 0.3 is 0 Å². The Morgan fingerprint density at radius 1 is 0.778 bits per heavy atom. The molecule has 2 rings (SSSR count). The first kappa shape index (κ1) is 14.4. The van der Waals surface area contributed by atoms with Gasteiger partial charge in [0.05, 0.1) is 0 Å². The number of hydrogen-bond acceptors (Lipinski definition) is 0. The molecule has 0 aliphatic heterocycles. The maximum absolute atomic E-state index is 2.59. The lowest BCUT2D eigenvalue weighted by Gasteiger charge is -2.47. The van der Waals surface area contributed by atoms with E-state index in [9.17, 15) is 0 Å². The molecular formula is C18H34. The predicted octanol–water partition coefficient (Wildman–Crippen LogP) is 6.06. The highest BCUT2D eigenvalue weighted by molar-refractivity contribution is 4.90. The average Bonchev–Trinajstić information content (AvgIpc) is 2.40. The summed E-state index contributed by atoms with van der Waals surface area (Å²) in [6.45, 7) is 10.0. The molecule has 2 fully saturated rings. The Hall–Kier alpha value is 0. The minimum atomic E-state index is 0.605. The largest absolute Gasteiger partial charge is 0.0625 e. The van der Waals surface area contributed by atoms with Crippen LogP contribution in [0.15, 0.2) is 0 Å². The van der Waals surface area contributed by atoms with Crippen LogP contribution in [-0.2, 0) is 0 Å². The van der Waals surface area contributed by atoms with Crippen LogP contribution in [0.5, 0.6) is 0 Å². The summed E-state index contributed by atoms with van der Waals surface area (Å²) in [5, 5.41) is 0. The summed E-state index contributed by atoms with van der Waals surface area (Å²) in [4.78, 5) is 0. The van der Waals surface area contributed by atoms with Gasteiger partial charge < -0.3 is 0 Å². The molecule has 0 N–H and O–H groups in total. The molecule has 0 bridgehead atoms. The first-order chi connectivity index (χ1) is 8.51. The van der Waals surface area contributed by atoms with E-state index >= 15 is 0 Å². The van der Waals surface area contributed by atoms with Crippen LogP contribution in [-0.4, -0.2) is 0 Å². The molecule has 106 valence electrons. The fraction of sp³-hybridized carbons (Fsp3) is 1.00. The van der Waals surface area contributed by atoms with Crippen molar-refractivity contribution in [1.82, 2.24) is 0 Å². The summed E-state index contributed by atoms with van der Waals surface area (Å²) in [5.74, 6) is 3.92. The molecule has 0 heterocycles. The van der Waals surface area contributed by atoms with Crippen LogP contribution >= 0.6 is 0 Å². The van der Waals surface area contributed by atoms with E-state index in [0.29, 0.717) is 5.41 Å². The lowest BCUT2D eigenvalue weighted by atomic mass is 9.59. The highest BCUT2D eigenvalue weighted by Gasteiger charge is 2.40. The molecule has 18 heavy (non-hydrogen) atoms. The molecular weight excluding hydrogens is 216 g/mol. The molecule has 2 unspecified atom stereocenters. The van der Waals surface area contributed by atoms with E-state index in [1.165, 1.54) is 57.8 Å². The van der Waals surface area contributed by atoms with E-state index in [-0.39, 0.29) is 0 Å². The molecule has 0 heteroatoms. The van der Waals surface area contributed by atoms with Gasteiger partial charge in [0, 0.05) is 0 Å². The molecule has 0 saturated heterocycles. The number of rotatable bonds is 3. The van der Waals surface area contributed by atoms with E-state index in [1.807, 2.05) is 0 Å². The first-order valence-corrected chi connectivity index (χ1v) is 8.51. The highest BCUT2D eigenvalue weighted by atomic mass is 14.4. The molecule has 2 atom stereocenters. The topological polar surface area (TPSA) is 0 Å². The Morgan fingerprint density at radius 3 is 2.00 bits per heavy atom. The average molecular weight is 250 g/mol. The van der Waals surface area contributed by atoms with Crippen LogP contribution in [0.2, 0.25) is 0 Å². The normalized spacial score (nSPS) is 31.8. The maximum atomic E-state index is 2.59. The van der Waals surface area contributed by atoms with E-state index in [4.69, 9.17) is 0 Å². The van der Waals surface area contributed by atoms with Crippen molar-refractivity contribution in [3.63, 3.8) is 0 Å². The summed E-state index contributed by atoms with van der Waals surface area (Å²) in [7, 11) is 0. The molecule has 0 aromatic rings. The molecule has 0 radical (unpaired) electrons. The smallest absolute Gasteiger partial charge is 0.0297 e. The third-order valence-corrected chi connectivity index (χ3v) is 6.37. The SMILES string of the molecule is CC(C)C1CCCC(C(C)(C)C2CCCCC2)C1. The predicted molar refractivity (Wildman–Crippen MR) is 80.6 cm³/mol. The van der Waals surface area contributed by atoms with Gasteiger partial charge in [0.1, 0.15) is 0 Å². The van der Waals surface area contributed by atoms with Crippen LogP contribution in [0.1, 0.15) is 85.5 Å². The lowest BCUT2D eigenvalue weighted by molar-refractivity contribution is 0.0352. The number of hydrogen-bond donors (Lipinski definition) is 0.